The molecule has 0 N–H and O–H groups in total. The molecule has 0 amide bonds. The smallest absolute Gasteiger partial charge is 0.162 e. The first-order valence-corrected chi connectivity index (χ1v) is 5.27. The Morgan fingerprint density at radius 1 is 1.27 bits per heavy atom. The van der Waals surface area contributed by atoms with Crippen molar-refractivity contribution >= 4 is 0 Å². The number of rotatable bonds is 3. The van der Waals surface area contributed by atoms with E-state index < -0.39 is 0 Å². The average Bonchev–Trinajstić information content (AvgIpc) is 2.71. The lowest BCUT2D eigenvalue weighted by Gasteiger charge is -2.15. The van der Waals surface area contributed by atoms with Gasteiger partial charge in [-0.2, -0.15) is 0 Å². The number of hydrogen-bond donors (Lipinski definition) is 0. The Hall–Kier alpha value is -1.44. The van der Waals surface area contributed by atoms with Gasteiger partial charge in [-0.05, 0) is 43.5 Å². The van der Waals surface area contributed by atoms with Gasteiger partial charge in [0, 0.05) is 0 Å². The molecule has 2 nitrogen and oxygen atoms in total. The lowest BCUT2D eigenvalue weighted by molar-refractivity contribution is 0.236. The summed E-state index contributed by atoms with van der Waals surface area (Å²) in [7, 11) is 1.67. The van der Waals surface area contributed by atoms with E-state index in [1.165, 1.54) is 5.56 Å². The van der Waals surface area contributed by atoms with Gasteiger partial charge in [-0.1, -0.05) is 12.1 Å². The minimum absolute atomic E-state index is 0.209. The van der Waals surface area contributed by atoms with Gasteiger partial charge in [0.25, 0.3) is 0 Å². The minimum atomic E-state index is 0.209. The topological polar surface area (TPSA) is 18.5 Å². The van der Waals surface area contributed by atoms with E-state index in [1.54, 1.807) is 7.11 Å². The third kappa shape index (κ3) is 2.32. The second-order valence-corrected chi connectivity index (χ2v) is 3.82. The van der Waals surface area contributed by atoms with Crippen molar-refractivity contribution in [2.24, 2.45) is 0 Å². The SMILES string of the molecule is COc1ccc(C)cc1OC1C=CCC1. The molecular formula is C13H16O2. The number of benzene rings is 1. The number of hydrogen-bond acceptors (Lipinski definition) is 2. The van der Waals surface area contributed by atoms with Gasteiger partial charge in [0.15, 0.2) is 11.5 Å². The lowest BCUT2D eigenvalue weighted by Crippen LogP contribution is -2.10. The quantitative estimate of drug-likeness (QED) is 0.704. The van der Waals surface area contributed by atoms with Crippen molar-refractivity contribution in [3.63, 3.8) is 0 Å². The van der Waals surface area contributed by atoms with Gasteiger partial charge in [0.05, 0.1) is 7.11 Å². The molecule has 1 aliphatic carbocycles. The highest BCUT2D eigenvalue weighted by Gasteiger charge is 2.13. The predicted octanol–water partition coefficient (Wildman–Crippen LogP) is 3.10. The molecule has 1 unspecified atom stereocenters. The standard InChI is InChI=1S/C13H16O2/c1-10-7-8-12(14-2)13(9-10)15-11-5-3-4-6-11/h3,5,7-9,11H,4,6H2,1-2H3. The van der Waals surface area contributed by atoms with Gasteiger partial charge in [-0.15, -0.1) is 0 Å². The summed E-state index contributed by atoms with van der Waals surface area (Å²) in [5, 5.41) is 0. The maximum absolute atomic E-state index is 5.87. The first kappa shape index (κ1) is 10.1. The molecule has 15 heavy (non-hydrogen) atoms. The normalized spacial score (nSPS) is 19.2. The van der Waals surface area contributed by atoms with Crippen LogP contribution in [-0.2, 0) is 0 Å². The molecule has 0 aromatic heterocycles. The second-order valence-electron chi connectivity index (χ2n) is 3.82. The Morgan fingerprint density at radius 2 is 2.13 bits per heavy atom. The van der Waals surface area contributed by atoms with Crippen LogP contribution in [0.1, 0.15) is 18.4 Å². The Bertz CT molecular complexity index is 369. The maximum atomic E-state index is 5.87. The third-order valence-corrected chi connectivity index (χ3v) is 2.57. The van der Waals surface area contributed by atoms with Crippen LogP contribution in [0.2, 0.25) is 0 Å². The zero-order valence-electron chi connectivity index (χ0n) is 9.19. The molecule has 1 aromatic rings. The van der Waals surface area contributed by atoms with Gasteiger partial charge < -0.3 is 9.47 Å². The Kier molecular flexibility index (Phi) is 2.95. The van der Waals surface area contributed by atoms with Crippen molar-refractivity contribution < 1.29 is 9.47 Å². The highest BCUT2D eigenvalue weighted by molar-refractivity contribution is 5.42. The molecule has 1 aromatic carbocycles. The summed E-state index contributed by atoms with van der Waals surface area (Å²) in [5.41, 5.74) is 1.19. The summed E-state index contributed by atoms with van der Waals surface area (Å²) in [4.78, 5) is 0. The Balaban J connectivity index is 2.17. The minimum Gasteiger partial charge on any atom is -0.493 e. The van der Waals surface area contributed by atoms with E-state index in [2.05, 4.69) is 19.1 Å². The van der Waals surface area contributed by atoms with Crippen LogP contribution < -0.4 is 9.47 Å². The third-order valence-electron chi connectivity index (χ3n) is 2.57. The largest absolute Gasteiger partial charge is 0.493 e. The Morgan fingerprint density at radius 3 is 2.80 bits per heavy atom. The van der Waals surface area contributed by atoms with E-state index in [4.69, 9.17) is 9.47 Å². The van der Waals surface area contributed by atoms with E-state index in [9.17, 15) is 0 Å². The van der Waals surface area contributed by atoms with Crippen LogP contribution in [0.4, 0.5) is 0 Å². The van der Waals surface area contributed by atoms with Crippen LogP contribution in [0, 0.1) is 6.92 Å². The summed E-state index contributed by atoms with van der Waals surface area (Å²) < 4.78 is 11.1. The van der Waals surface area contributed by atoms with Crippen LogP contribution in [0.3, 0.4) is 0 Å². The van der Waals surface area contributed by atoms with E-state index >= 15 is 0 Å². The van der Waals surface area contributed by atoms with Crippen molar-refractivity contribution in [2.75, 3.05) is 7.11 Å². The van der Waals surface area contributed by atoms with E-state index in [0.29, 0.717) is 0 Å². The van der Waals surface area contributed by atoms with Crippen LogP contribution >= 0.6 is 0 Å². The van der Waals surface area contributed by atoms with Crippen molar-refractivity contribution in [1.29, 1.82) is 0 Å². The zero-order valence-corrected chi connectivity index (χ0v) is 9.19. The number of ether oxygens (including phenoxy) is 2. The summed E-state index contributed by atoms with van der Waals surface area (Å²) in [6.45, 7) is 2.05. The molecule has 0 spiro atoms. The summed E-state index contributed by atoms with van der Waals surface area (Å²) in [6, 6.07) is 5.99. The van der Waals surface area contributed by atoms with E-state index in [-0.39, 0.29) is 6.10 Å². The zero-order chi connectivity index (χ0) is 10.7. The summed E-state index contributed by atoms with van der Waals surface area (Å²) >= 11 is 0. The molecule has 1 atom stereocenters. The van der Waals surface area contributed by atoms with Gasteiger partial charge in [-0.25, -0.2) is 0 Å². The monoisotopic (exact) mass is 204 g/mol. The molecular weight excluding hydrogens is 188 g/mol. The molecule has 0 saturated heterocycles. The highest BCUT2D eigenvalue weighted by atomic mass is 16.5. The molecule has 0 bridgehead atoms. The Labute approximate surface area is 90.5 Å². The molecule has 2 heteroatoms. The molecule has 2 rings (SSSR count). The number of methoxy groups -OCH3 is 1. The van der Waals surface area contributed by atoms with Crippen LogP contribution in [0.25, 0.3) is 0 Å². The van der Waals surface area contributed by atoms with E-state index in [1.807, 2.05) is 18.2 Å². The lowest BCUT2D eigenvalue weighted by atomic mass is 10.2. The number of aryl methyl sites for hydroxylation is 1. The van der Waals surface area contributed by atoms with Crippen LogP contribution in [0.5, 0.6) is 11.5 Å². The van der Waals surface area contributed by atoms with Crippen LogP contribution in [-0.4, -0.2) is 13.2 Å². The molecule has 1 aliphatic rings. The predicted molar refractivity (Wildman–Crippen MR) is 60.5 cm³/mol. The first-order valence-electron chi connectivity index (χ1n) is 5.27. The van der Waals surface area contributed by atoms with Gasteiger partial charge in [-0.3, -0.25) is 0 Å². The van der Waals surface area contributed by atoms with E-state index in [0.717, 1.165) is 24.3 Å². The average molecular weight is 204 g/mol. The van der Waals surface area contributed by atoms with Crippen molar-refractivity contribution in [2.45, 2.75) is 25.9 Å². The molecule has 0 radical (unpaired) electrons. The number of allylic oxidation sites excluding steroid dienone is 1. The van der Waals surface area contributed by atoms with Crippen molar-refractivity contribution in [3.8, 4) is 11.5 Å². The molecule has 0 fully saturated rings. The maximum Gasteiger partial charge on any atom is 0.162 e. The van der Waals surface area contributed by atoms with Crippen LogP contribution in [0.15, 0.2) is 30.4 Å². The fraction of sp³-hybridized carbons (Fsp3) is 0.385. The fourth-order valence-corrected chi connectivity index (χ4v) is 1.74. The van der Waals surface area contributed by atoms with Gasteiger partial charge in [0.1, 0.15) is 6.10 Å². The van der Waals surface area contributed by atoms with Crippen molar-refractivity contribution in [3.05, 3.63) is 35.9 Å². The summed E-state index contributed by atoms with van der Waals surface area (Å²) in [6.07, 6.45) is 6.66. The molecule has 0 heterocycles. The molecule has 0 aliphatic heterocycles. The first-order chi connectivity index (χ1) is 7.29. The molecule has 0 saturated carbocycles. The fourth-order valence-electron chi connectivity index (χ4n) is 1.74. The van der Waals surface area contributed by atoms with Gasteiger partial charge >= 0.3 is 0 Å². The van der Waals surface area contributed by atoms with Gasteiger partial charge in [0.2, 0.25) is 0 Å². The second kappa shape index (κ2) is 4.39. The molecule has 80 valence electrons. The summed E-state index contributed by atoms with van der Waals surface area (Å²) in [5.74, 6) is 1.65. The van der Waals surface area contributed by atoms with Crippen molar-refractivity contribution in [1.82, 2.24) is 0 Å². The highest BCUT2D eigenvalue weighted by Crippen LogP contribution is 2.30.